The second-order valence-electron chi connectivity index (χ2n) is 10.4. The number of rotatable bonds is 5. The molecule has 0 radical (unpaired) electrons. The maximum absolute atomic E-state index is 13.7. The first-order valence-electron chi connectivity index (χ1n) is 13.0. The highest BCUT2D eigenvalue weighted by Gasteiger charge is 2.37. The zero-order valence-corrected chi connectivity index (χ0v) is 20.7. The van der Waals surface area contributed by atoms with Gasteiger partial charge in [-0.1, -0.05) is 24.3 Å². The number of aryl methyl sites for hydroxylation is 1. The Morgan fingerprint density at radius 2 is 1.86 bits per heavy atom. The van der Waals surface area contributed by atoms with Crippen molar-refractivity contribution in [2.45, 2.75) is 25.7 Å². The minimum absolute atomic E-state index is 0.113. The van der Waals surface area contributed by atoms with E-state index in [-0.39, 0.29) is 17.4 Å². The number of benzene rings is 2. The van der Waals surface area contributed by atoms with E-state index in [1.165, 1.54) is 5.39 Å². The minimum atomic E-state index is -0.113. The Morgan fingerprint density at radius 1 is 1.05 bits per heavy atom. The van der Waals surface area contributed by atoms with Crippen molar-refractivity contribution in [1.82, 2.24) is 29.2 Å². The molecule has 8 heteroatoms. The molecule has 1 unspecified atom stereocenters. The summed E-state index contributed by atoms with van der Waals surface area (Å²) in [7, 11) is 1.81. The summed E-state index contributed by atoms with van der Waals surface area (Å²) >= 11 is 0. The van der Waals surface area contributed by atoms with E-state index in [0.29, 0.717) is 29.2 Å². The number of fused-ring (bicyclic) bond motifs is 2. The van der Waals surface area contributed by atoms with Gasteiger partial charge in [0, 0.05) is 44.2 Å². The average molecular weight is 493 g/mol. The van der Waals surface area contributed by atoms with Crippen LogP contribution in [-0.4, -0.2) is 48.2 Å². The van der Waals surface area contributed by atoms with Crippen molar-refractivity contribution in [3.05, 3.63) is 77.1 Å². The second-order valence-corrected chi connectivity index (χ2v) is 10.4. The first kappa shape index (κ1) is 22.0. The predicted molar refractivity (Wildman–Crippen MR) is 143 cm³/mol. The van der Waals surface area contributed by atoms with Crippen LogP contribution in [0.2, 0.25) is 0 Å². The lowest BCUT2D eigenvalue weighted by Crippen LogP contribution is -2.31. The number of likely N-dealkylation sites (tertiary alicyclic amines) is 1. The summed E-state index contributed by atoms with van der Waals surface area (Å²) in [6.07, 6.45) is 7.14. The van der Waals surface area contributed by atoms with Gasteiger partial charge < -0.3 is 9.88 Å². The average Bonchev–Trinajstić information content (AvgIpc) is 3.28. The van der Waals surface area contributed by atoms with E-state index >= 15 is 0 Å². The molecule has 5 aromatic rings. The van der Waals surface area contributed by atoms with Crippen molar-refractivity contribution in [1.29, 1.82) is 0 Å². The van der Waals surface area contributed by atoms with Crippen molar-refractivity contribution in [2.75, 3.05) is 13.1 Å². The summed E-state index contributed by atoms with van der Waals surface area (Å²) in [5.74, 6) is 1.52. The lowest BCUT2D eigenvalue weighted by molar-refractivity contribution is -0.131. The molecule has 4 heterocycles. The third-order valence-corrected chi connectivity index (χ3v) is 7.84. The van der Waals surface area contributed by atoms with Gasteiger partial charge in [-0.15, -0.1) is 0 Å². The summed E-state index contributed by atoms with van der Waals surface area (Å²) in [6, 6.07) is 16.5. The molecule has 1 saturated heterocycles. The molecule has 1 amide bonds. The molecule has 1 aliphatic carbocycles. The molecule has 1 N–H and O–H groups in total. The highest BCUT2D eigenvalue weighted by atomic mass is 16.2. The molecule has 1 atom stereocenters. The van der Waals surface area contributed by atoms with E-state index < -0.39 is 0 Å². The zero-order valence-electron chi connectivity index (χ0n) is 20.7. The molecule has 0 spiro atoms. The molecule has 1 saturated carbocycles. The predicted octanol–water partition coefficient (Wildman–Crippen LogP) is 4.07. The van der Waals surface area contributed by atoms with Crippen LogP contribution in [0.1, 0.15) is 25.1 Å². The van der Waals surface area contributed by atoms with Crippen molar-refractivity contribution < 1.29 is 4.79 Å². The van der Waals surface area contributed by atoms with Crippen molar-refractivity contribution in [3.8, 4) is 16.8 Å². The largest absolute Gasteiger partial charge is 0.361 e. The molecule has 186 valence electrons. The van der Waals surface area contributed by atoms with E-state index in [9.17, 15) is 9.59 Å². The van der Waals surface area contributed by atoms with Crippen molar-refractivity contribution in [3.63, 3.8) is 0 Å². The van der Waals surface area contributed by atoms with Gasteiger partial charge in [-0.2, -0.15) is 5.10 Å². The monoisotopic (exact) mass is 492 g/mol. The number of carbonyl (C=O) groups excluding carboxylic acids is 1. The van der Waals surface area contributed by atoms with Gasteiger partial charge >= 0.3 is 0 Å². The van der Waals surface area contributed by atoms with Gasteiger partial charge in [-0.3, -0.25) is 18.8 Å². The maximum atomic E-state index is 13.7. The fourth-order valence-corrected chi connectivity index (χ4v) is 5.60. The molecule has 2 aromatic carbocycles. The Labute approximate surface area is 213 Å². The number of aromatic amines is 1. The Morgan fingerprint density at radius 3 is 2.68 bits per heavy atom. The standard InChI is InChI=1S/C29H28N6O2/c1-33-27-24(16-31-33)29(37)35(26(32-27)14-18-11-13-34(17-18)28(36)21-3-4-21)23-8-6-19(7-9-23)22-5-2-20-10-12-30-25(20)15-22/h2,5-10,12,15-16,18,21,30H,3-4,11,13-14,17H2,1H3. The van der Waals surface area contributed by atoms with Crippen LogP contribution in [0.15, 0.2) is 65.7 Å². The van der Waals surface area contributed by atoms with Crippen LogP contribution < -0.4 is 5.56 Å². The number of hydrogen-bond donors (Lipinski definition) is 1. The van der Waals surface area contributed by atoms with Crippen LogP contribution in [0, 0.1) is 11.8 Å². The van der Waals surface area contributed by atoms with E-state index in [2.05, 4.69) is 46.5 Å². The molecule has 3 aromatic heterocycles. The molecule has 37 heavy (non-hydrogen) atoms. The quantitative estimate of drug-likeness (QED) is 0.401. The molecular weight excluding hydrogens is 464 g/mol. The van der Waals surface area contributed by atoms with Crippen LogP contribution in [0.5, 0.6) is 0 Å². The molecule has 1 aliphatic heterocycles. The fraction of sp³-hybridized carbons (Fsp3) is 0.310. The normalized spacial score (nSPS) is 17.8. The van der Waals surface area contributed by atoms with Gasteiger partial charge in [0.1, 0.15) is 11.2 Å². The number of nitrogens with zero attached hydrogens (tertiary/aromatic N) is 5. The highest BCUT2D eigenvalue weighted by molar-refractivity contribution is 5.85. The van der Waals surface area contributed by atoms with Gasteiger partial charge in [0.05, 0.1) is 11.9 Å². The minimum Gasteiger partial charge on any atom is -0.361 e. The number of aromatic nitrogens is 5. The van der Waals surface area contributed by atoms with Crippen LogP contribution in [0.4, 0.5) is 0 Å². The summed E-state index contributed by atoms with van der Waals surface area (Å²) in [5, 5.41) is 5.97. The lowest BCUT2D eigenvalue weighted by Gasteiger charge is -2.18. The zero-order chi connectivity index (χ0) is 25.1. The highest BCUT2D eigenvalue weighted by Crippen LogP contribution is 2.33. The number of nitrogens with one attached hydrogen (secondary N) is 1. The number of H-pyrrole nitrogens is 1. The lowest BCUT2D eigenvalue weighted by atomic mass is 10.0. The first-order chi connectivity index (χ1) is 18.0. The van der Waals surface area contributed by atoms with E-state index in [1.54, 1.807) is 15.4 Å². The van der Waals surface area contributed by atoms with Gasteiger partial charge in [-0.25, -0.2) is 4.98 Å². The third-order valence-electron chi connectivity index (χ3n) is 7.84. The van der Waals surface area contributed by atoms with Crippen LogP contribution in [0.25, 0.3) is 38.8 Å². The second kappa shape index (κ2) is 8.44. The van der Waals surface area contributed by atoms with E-state index in [4.69, 9.17) is 4.98 Å². The fourth-order valence-electron chi connectivity index (χ4n) is 5.60. The first-order valence-corrected chi connectivity index (χ1v) is 13.0. The number of hydrogen-bond acceptors (Lipinski definition) is 4. The van der Waals surface area contributed by atoms with Crippen LogP contribution in [-0.2, 0) is 18.3 Å². The molecule has 7 rings (SSSR count). The summed E-state index contributed by atoms with van der Waals surface area (Å²) in [4.78, 5) is 36.4. The molecule has 8 nitrogen and oxygen atoms in total. The van der Waals surface area contributed by atoms with E-state index in [1.807, 2.05) is 30.3 Å². The number of amides is 1. The molecular formula is C29H28N6O2. The Bertz CT molecular complexity index is 1710. The van der Waals surface area contributed by atoms with E-state index in [0.717, 1.165) is 54.7 Å². The third kappa shape index (κ3) is 3.84. The maximum Gasteiger partial charge on any atom is 0.269 e. The Balaban J connectivity index is 1.24. The molecule has 2 aliphatic rings. The summed E-state index contributed by atoms with van der Waals surface area (Å²) < 4.78 is 3.38. The summed E-state index contributed by atoms with van der Waals surface area (Å²) in [5.41, 5.74) is 4.55. The van der Waals surface area contributed by atoms with Crippen molar-refractivity contribution in [2.24, 2.45) is 18.9 Å². The van der Waals surface area contributed by atoms with Crippen LogP contribution >= 0.6 is 0 Å². The van der Waals surface area contributed by atoms with Gasteiger partial charge in [0.25, 0.3) is 5.56 Å². The van der Waals surface area contributed by atoms with Gasteiger partial charge in [-0.05, 0) is 66.0 Å². The smallest absolute Gasteiger partial charge is 0.269 e. The topological polar surface area (TPSA) is 88.8 Å². The molecule has 0 bridgehead atoms. The molecule has 2 fully saturated rings. The van der Waals surface area contributed by atoms with Gasteiger partial charge in [0.2, 0.25) is 5.91 Å². The Hall–Kier alpha value is -4.20. The Kier molecular flexibility index (Phi) is 5.02. The van der Waals surface area contributed by atoms with Gasteiger partial charge in [0.15, 0.2) is 5.65 Å². The van der Waals surface area contributed by atoms with Crippen molar-refractivity contribution >= 4 is 27.8 Å². The SMILES string of the molecule is Cn1ncc2c(=O)n(-c3ccc(-c4ccc5cc[nH]c5c4)cc3)c(CC3CCN(C(=O)C4CC4)C3)nc21. The summed E-state index contributed by atoms with van der Waals surface area (Å²) in [6.45, 7) is 1.52. The number of carbonyl (C=O) groups is 1. The van der Waals surface area contributed by atoms with Crippen LogP contribution in [0.3, 0.4) is 0 Å².